The molecule has 0 aliphatic carbocycles. The van der Waals surface area contributed by atoms with Crippen LogP contribution < -0.4 is 14.8 Å². The summed E-state index contributed by atoms with van der Waals surface area (Å²) in [6.45, 7) is 2.43. The lowest BCUT2D eigenvalue weighted by Gasteiger charge is -2.12. The zero-order valence-electron chi connectivity index (χ0n) is 14.6. The fourth-order valence-electron chi connectivity index (χ4n) is 2.92. The molecule has 0 saturated carbocycles. The van der Waals surface area contributed by atoms with Crippen LogP contribution in [0, 0.1) is 18.3 Å². The van der Waals surface area contributed by atoms with Gasteiger partial charge in [-0.2, -0.15) is 5.26 Å². The second-order valence-corrected chi connectivity index (χ2v) is 5.60. The minimum absolute atomic E-state index is 0.523. The first-order valence-corrected chi connectivity index (χ1v) is 7.75. The molecular formula is C18H19N5O2. The third kappa shape index (κ3) is 2.83. The van der Waals surface area contributed by atoms with Crippen molar-refractivity contribution in [1.29, 1.82) is 5.26 Å². The molecule has 7 heteroatoms. The number of hydrogen-bond donors (Lipinski definition) is 1. The maximum atomic E-state index is 9.35. The van der Waals surface area contributed by atoms with Crippen LogP contribution in [0.3, 0.4) is 0 Å². The fraction of sp³-hybridized carbons (Fsp3) is 0.278. The molecule has 0 spiro atoms. The normalized spacial score (nSPS) is 10.5. The van der Waals surface area contributed by atoms with Crippen molar-refractivity contribution in [2.24, 2.45) is 7.05 Å². The Labute approximate surface area is 145 Å². The summed E-state index contributed by atoms with van der Waals surface area (Å²) in [5, 5.41) is 13.5. The molecule has 1 aromatic carbocycles. The molecule has 25 heavy (non-hydrogen) atoms. The van der Waals surface area contributed by atoms with E-state index in [1.165, 1.54) is 6.33 Å². The highest BCUT2D eigenvalue weighted by atomic mass is 16.5. The van der Waals surface area contributed by atoms with E-state index in [9.17, 15) is 5.26 Å². The van der Waals surface area contributed by atoms with Crippen LogP contribution in [0.2, 0.25) is 0 Å². The van der Waals surface area contributed by atoms with Gasteiger partial charge in [-0.1, -0.05) is 0 Å². The SMILES string of the molecule is COc1ccc(CNc2ncnc3c2c(C)c(C#N)n3C)c(OC)c1. The predicted molar refractivity (Wildman–Crippen MR) is 94.8 cm³/mol. The van der Waals surface area contributed by atoms with Gasteiger partial charge < -0.3 is 19.4 Å². The Balaban J connectivity index is 1.96. The number of anilines is 1. The van der Waals surface area contributed by atoms with Crippen LogP contribution in [0.1, 0.15) is 16.8 Å². The monoisotopic (exact) mass is 337 g/mol. The quantitative estimate of drug-likeness (QED) is 0.770. The van der Waals surface area contributed by atoms with Crippen LogP contribution in [0.15, 0.2) is 24.5 Å². The van der Waals surface area contributed by atoms with Crippen molar-refractivity contribution < 1.29 is 9.47 Å². The topological polar surface area (TPSA) is 85.0 Å². The molecule has 0 amide bonds. The lowest BCUT2D eigenvalue weighted by molar-refractivity contribution is 0.391. The van der Waals surface area contributed by atoms with Gasteiger partial charge in [0.25, 0.3) is 0 Å². The Morgan fingerprint density at radius 1 is 1.24 bits per heavy atom. The van der Waals surface area contributed by atoms with Crippen molar-refractivity contribution in [1.82, 2.24) is 14.5 Å². The van der Waals surface area contributed by atoms with E-state index in [2.05, 4.69) is 21.4 Å². The largest absolute Gasteiger partial charge is 0.497 e. The summed E-state index contributed by atoms with van der Waals surface area (Å²) in [5.74, 6) is 2.17. The highest BCUT2D eigenvalue weighted by Gasteiger charge is 2.17. The summed E-state index contributed by atoms with van der Waals surface area (Å²) in [7, 11) is 5.08. The Morgan fingerprint density at radius 2 is 2.04 bits per heavy atom. The van der Waals surface area contributed by atoms with E-state index in [0.717, 1.165) is 33.7 Å². The van der Waals surface area contributed by atoms with Gasteiger partial charge in [-0.25, -0.2) is 9.97 Å². The number of ether oxygens (including phenoxy) is 2. The minimum atomic E-state index is 0.523. The number of aryl methyl sites for hydroxylation is 2. The van der Waals surface area contributed by atoms with Gasteiger partial charge in [0.1, 0.15) is 41.1 Å². The van der Waals surface area contributed by atoms with E-state index in [-0.39, 0.29) is 0 Å². The van der Waals surface area contributed by atoms with Gasteiger partial charge in [0.2, 0.25) is 0 Å². The van der Waals surface area contributed by atoms with Gasteiger partial charge >= 0.3 is 0 Å². The second kappa shape index (κ2) is 6.69. The van der Waals surface area contributed by atoms with Crippen LogP contribution in [-0.2, 0) is 13.6 Å². The molecular weight excluding hydrogens is 318 g/mol. The van der Waals surface area contributed by atoms with Crippen molar-refractivity contribution in [3.63, 3.8) is 0 Å². The fourth-order valence-corrected chi connectivity index (χ4v) is 2.92. The summed E-state index contributed by atoms with van der Waals surface area (Å²) in [6.07, 6.45) is 1.50. The zero-order valence-corrected chi connectivity index (χ0v) is 14.6. The van der Waals surface area contributed by atoms with Gasteiger partial charge in [-0.15, -0.1) is 0 Å². The van der Waals surface area contributed by atoms with Crippen molar-refractivity contribution in [2.45, 2.75) is 13.5 Å². The van der Waals surface area contributed by atoms with Crippen LogP contribution in [0.4, 0.5) is 5.82 Å². The van der Waals surface area contributed by atoms with Gasteiger partial charge in [0, 0.05) is 25.2 Å². The van der Waals surface area contributed by atoms with E-state index in [4.69, 9.17) is 9.47 Å². The molecule has 7 nitrogen and oxygen atoms in total. The van der Waals surface area contributed by atoms with Crippen molar-refractivity contribution >= 4 is 16.9 Å². The van der Waals surface area contributed by atoms with Crippen molar-refractivity contribution in [3.05, 3.63) is 41.3 Å². The third-order valence-electron chi connectivity index (χ3n) is 4.26. The number of benzene rings is 1. The number of nitriles is 1. The summed E-state index contributed by atoms with van der Waals surface area (Å²) in [4.78, 5) is 8.65. The average molecular weight is 337 g/mol. The van der Waals surface area contributed by atoms with E-state index >= 15 is 0 Å². The van der Waals surface area contributed by atoms with E-state index in [0.29, 0.717) is 18.1 Å². The molecule has 0 aliphatic rings. The maximum absolute atomic E-state index is 9.35. The number of nitrogens with one attached hydrogen (secondary N) is 1. The molecule has 1 N–H and O–H groups in total. The predicted octanol–water partition coefficient (Wildman–Crippen LogP) is 2.78. The summed E-state index contributed by atoms with van der Waals surface area (Å²) < 4.78 is 12.4. The highest BCUT2D eigenvalue weighted by molar-refractivity contribution is 5.92. The molecule has 2 heterocycles. The number of methoxy groups -OCH3 is 2. The molecule has 0 bridgehead atoms. The van der Waals surface area contributed by atoms with Gasteiger partial charge in [0.05, 0.1) is 19.6 Å². The lowest BCUT2D eigenvalue weighted by Crippen LogP contribution is -2.04. The van der Waals surface area contributed by atoms with Crippen LogP contribution in [0.5, 0.6) is 11.5 Å². The number of hydrogen-bond acceptors (Lipinski definition) is 6. The van der Waals surface area contributed by atoms with Crippen LogP contribution >= 0.6 is 0 Å². The number of rotatable bonds is 5. The first-order valence-electron chi connectivity index (χ1n) is 7.75. The maximum Gasteiger partial charge on any atom is 0.146 e. The van der Waals surface area contributed by atoms with E-state index < -0.39 is 0 Å². The van der Waals surface area contributed by atoms with Crippen LogP contribution in [-0.4, -0.2) is 28.8 Å². The smallest absolute Gasteiger partial charge is 0.146 e. The van der Waals surface area contributed by atoms with Gasteiger partial charge in [0.15, 0.2) is 0 Å². The molecule has 0 aliphatic heterocycles. The number of aromatic nitrogens is 3. The first-order chi connectivity index (χ1) is 12.1. The average Bonchev–Trinajstić information content (AvgIpc) is 2.90. The molecule has 2 aromatic heterocycles. The Bertz CT molecular complexity index is 972. The van der Waals surface area contributed by atoms with Crippen molar-refractivity contribution in [2.75, 3.05) is 19.5 Å². The highest BCUT2D eigenvalue weighted by Crippen LogP contribution is 2.29. The van der Waals surface area contributed by atoms with Gasteiger partial charge in [-0.05, 0) is 24.6 Å². The Kier molecular flexibility index (Phi) is 4.44. The number of nitrogens with zero attached hydrogens (tertiary/aromatic N) is 4. The van der Waals surface area contributed by atoms with Gasteiger partial charge in [-0.3, -0.25) is 0 Å². The minimum Gasteiger partial charge on any atom is -0.497 e. The molecule has 3 rings (SSSR count). The third-order valence-corrected chi connectivity index (χ3v) is 4.26. The summed E-state index contributed by atoms with van der Waals surface area (Å²) in [6, 6.07) is 7.89. The Hall–Kier alpha value is -3.27. The molecule has 0 radical (unpaired) electrons. The molecule has 128 valence electrons. The van der Waals surface area contributed by atoms with Crippen molar-refractivity contribution in [3.8, 4) is 17.6 Å². The molecule has 0 unspecified atom stereocenters. The van der Waals surface area contributed by atoms with E-state index in [1.807, 2.05) is 32.2 Å². The lowest BCUT2D eigenvalue weighted by atomic mass is 10.1. The molecule has 0 saturated heterocycles. The molecule has 3 aromatic rings. The number of fused-ring (bicyclic) bond motifs is 1. The van der Waals surface area contributed by atoms with Crippen LogP contribution in [0.25, 0.3) is 11.0 Å². The summed E-state index contributed by atoms with van der Waals surface area (Å²) in [5.41, 5.74) is 3.16. The second-order valence-electron chi connectivity index (χ2n) is 5.60. The van der Waals surface area contributed by atoms with E-state index in [1.54, 1.807) is 18.8 Å². The Morgan fingerprint density at radius 3 is 2.72 bits per heavy atom. The molecule has 0 fully saturated rings. The molecule has 0 atom stereocenters. The standard InChI is InChI=1S/C18H19N5O2/c1-11-14(8-19)23(2)18-16(11)17(21-10-22-18)20-9-12-5-6-13(24-3)7-15(12)25-4/h5-7,10H,9H2,1-4H3,(H,20,21,22). The zero-order chi connectivity index (χ0) is 18.0. The summed E-state index contributed by atoms with van der Waals surface area (Å²) >= 11 is 0. The first kappa shape index (κ1) is 16.6.